The summed E-state index contributed by atoms with van der Waals surface area (Å²) in [7, 11) is 1.49. The quantitative estimate of drug-likeness (QED) is 0.784. The molecule has 2 aromatic rings. The normalized spacial score (nSPS) is 13.3. The fourth-order valence-corrected chi connectivity index (χ4v) is 3.40. The number of nitrogens with zero attached hydrogens (tertiary/aromatic N) is 1. The van der Waals surface area contributed by atoms with Crippen LogP contribution in [-0.2, 0) is 0 Å². The maximum atomic E-state index is 12.6. The summed E-state index contributed by atoms with van der Waals surface area (Å²) in [5, 5.41) is 3.11. The second-order valence-corrected chi connectivity index (χ2v) is 6.86. The molecule has 0 aliphatic carbocycles. The molecule has 1 aliphatic rings. The monoisotopic (exact) mass is 402 g/mol. The van der Waals surface area contributed by atoms with Crippen molar-refractivity contribution in [2.45, 2.75) is 19.8 Å². The van der Waals surface area contributed by atoms with Crippen molar-refractivity contribution in [2.75, 3.05) is 32.1 Å². The first-order chi connectivity index (χ1) is 13.5. The van der Waals surface area contributed by atoms with Gasteiger partial charge in [-0.25, -0.2) is 0 Å². The van der Waals surface area contributed by atoms with Gasteiger partial charge in [-0.3, -0.25) is 9.59 Å². The second kappa shape index (κ2) is 8.97. The van der Waals surface area contributed by atoms with Crippen molar-refractivity contribution in [3.8, 4) is 11.5 Å². The fraction of sp³-hybridized carbons (Fsp3) is 0.333. The molecule has 7 heteroatoms. The molecule has 1 heterocycles. The van der Waals surface area contributed by atoms with Gasteiger partial charge in [0.05, 0.1) is 18.7 Å². The van der Waals surface area contributed by atoms with Crippen LogP contribution in [0.25, 0.3) is 0 Å². The average Bonchev–Trinajstić information content (AvgIpc) is 3.24. The van der Waals surface area contributed by atoms with Crippen LogP contribution in [-0.4, -0.2) is 43.5 Å². The minimum absolute atomic E-state index is 0.0263. The number of likely N-dealkylation sites (tertiary alicyclic amines) is 1. The van der Waals surface area contributed by atoms with E-state index in [0.717, 1.165) is 25.9 Å². The van der Waals surface area contributed by atoms with Crippen molar-refractivity contribution >= 4 is 29.1 Å². The average molecular weight is 403 g/mol. The Morgan fingerprint density at radius 1 is 1.11 bits per heavy atom. The van der Waals surface area contributed by atoms with Gasteiger partial charge < -0.3 is 19.7 Å². The maximum Gasteiger partial charge on any atom is 0.255 e. The van der Waals surface area contributed by atoms with Crippen molar-refractivity contribution in [1.82, 2.24) is 4.90 Å². The lowest BCUT2D eigenvalue weighted by atomic mass is 10.1. The number of ether oxygens (including phenoxy) is 2. The van der Waals surface area contributed by atoms with Crippen LogP contribution in [0.3, 0.4) is 0 Å². The summed E-state index contributed by atoms with van der Waals surface area (Å²) >= 11 is 6.23. The van der Waals surface area contributed by atoms with E-state index >= 15 is 0 Å². The molecule has 1 saturated heterocycles. The lowest BCUT2D eigenvalue weighted by Gasteiger charge is -2.15. The molecule has 0 spiro atoms. The molecule has 1 N–H and O–H groups in total. The van der Waals surface area contributed by atoms with Gasteiger partial charge in [0.2, 0.25) is 0 Å². The molecule has 3 rings (SSSR count). The van der Waals surface area contributed by atoms with Crippen molar-refractivity contribution in [2.24, 2.45) is 0 Å². The second-order valence-electron chi connectivity index (χ2n) is 6.45. The third-order valence-corrected chi connectivity index (χ3v) is 4.84. The smallest absolute Gasteiger partial charge is 0.255 e. The lowest BCUT2D eigenvalue weighted by molar-refractivity contribution is 0.0792. The largest absolute Gasteiger partial charge is 0.493 e. The van der Waals surface area contributed by atoms with Crippen LogP contribution in [0.15, 0.2) is 36.4 Å². The summed E-state index contributed by atoms with van der Waals surface area (Å²) in [6, 6.07) is 10.0. The summed E-state index contributed by atoms with van der Waals surface area (Å²) in [6.07, 6.45) is 2.10. The van der Waals surface area contributed by atoms with E-state index in [2.05, 4.69) is 5.32 Å². The van der Waals surface area contributed by atoms with E-state index in [1.165, 1.54) is 13.2 Å². The van der Waals surface area contributed by atoms with Gasteiger partial charge >= 0.3 is 0 Å². The highest BCUT2D eigenvalue weighted by atomic mass is 35.5. The highest BCUT2D eigenvalue weighted by molar-refractivity contribution is 6.32. The third kappa shape index (κ3) is 4.39. The zero-order valence-electron chi connectivity index (χ0n) is 16.0. The zero-order valence-corrected chi connectivity index (χ0v) is 16.7. The molecule has 148 valence electrons. The van der Waals surface area contributed by atoms with Crippen molar-refractivity contribution < 1.29 is 19.1 Å². The van der Waals surface area contributed by atoms with Crippen LogP contribution in [0.1, 0.15) is 40.5 Å². The molecule has 0 radical (unpaired) electrons. The molecule has 2 amide bonds. The van der Waals surface area contributed by atoms with E-state index < -0.39 is 0 Å². The number of halogens is 1. The molecule has 0 aromatic heterocycles. The van der Waals surface area contributed by atoms with Gasteiger partial charge in [-0.05, 0) is 56.2 Å². The number of anilines is 1. The Morgan fingerprint density at radius 3 is 2.39 bits per heavy atom. The molecular weight excluding hydrogens is 380 g/mol. The Hall–Kier alpha value is -2.73. The molecule has 1 aliphatic heterocycles. The first-order valence-corrected chi connectivity index (χ1v) is 9.62. The van der Waals surface area contributed by atoms with Gasteiger partial charge in [-0.1, -0.05) is 11.6 Å². The van der Waals surface area contributed by atoms with E-state index in [9.17, 15) is 9.59 Å². The molecule has 0 atom stereocenters. The van der Waals surface area contributed by atoms with Crippen molar-refractivity contribution in [3.05, 3.63) is 52.5 Å². The number of hydrogen-bond donors (Lipinski definition) is 1. The Labute approximate surface area is 169 Å². The maximum absolute atomic E-state index is 12.6. The number of carbonyl (C=O) groups is 2. The standard InChI is InChI=1S/C21H23ClN2O4/c1-3-28-19-17(22)12-15(13-18(19)27-2)20(25)23-16-8-6-14(7-9-16)21(26)24-10-4-5-11-24/h6-9,12-13H,3-5,10-11H2,1-2H3,(H,23,25). The SMILES string of the molecule is CCOc1c(Cl)cc(C(=O)Nc2ccc(C(=O)N3CCCC3)cc2)cc1OC. The Bertz CT molecular complexity index is 861. The summed E-state index contributed by atoms with van der Waals surface area (Å²) in [5.41, 5.74) is 1.56. The van der Waals surface area contributed by atoms with E-state index in [1.54, 1.807) is 30.3 Å². The van der Waals surface area contributed by atoms with E-state index in [0.29, 0.717) is 39.9 Å². The molecule has 0 bridgehead atoms. The fourth-order valence-electron chi connectivity index (χ4n) is 3.14. The van der Waals surface area contributed by atoms with E-state index in [-0.39, 0.29) is 11.8 Å². The lowest BCUT2D eigenvalue weighted by Crippen LogP contribution is -2.27. The van der Waals surface area contributed by atoms with Gasteiger partial charge in [0.15, 0.2) is 11.5 Å². The Kier molecular flexibility index (Phi) is 6.41. The first-order valence-electron chi connectivity index (χ1n) is 9.24. The summed E-state index contributed by atoms with van der Waals surface area (Å²) in [5.74, 6) is 0.499. The summed E-state index contributed by atoms with van der Waals surface area (Å²) in [4.78, 5) is 26.8. The molecule has 0 unspecified atom stereocenters. The molecule has 1 fully saturated rings. The number of carbonyl (C=O) groups excluding carboxylic acids is 2. The van der Waals surface area contributed by atoms with Crippen LogP contribution in [0, 0.1) is 0 Å². The minimum Gasteiger partial charge on any atom is -0.493 e. The van der Waals surface area contributed by atoms with Gasteiger partial charge in [0.1, 0.15) is 0 Å². The first kappa shape index (κ1) is 20.0. The van der Waals surface area contributed by atoms with Crippen molar-refractivity contribution in [3.63, 3.8) is 0 Å². The molecular formula is C21H23ClN2O4. The van der Waals surface area contributed by atoms with Crippen LogP contribution >= 0.6 is 11.6 Å². The number of rotatable bonds is 6. The number of benzene rings is 2. The van der Waals surface area contributed by atoms with Gasteiger partial charge in [0.25, 0.3) is 11.8 Å². The number of methoxy groups -OCH3 is 1. The van der Waals surface area contributed by atoms with Crippen LogP contribution in [0.5, 0.6) is 11.5 Å². The number of amides is 2. The van der Waals surface area contributed by atoms with Gasteiger partial charge in [0, 0.05) is 29.9 Å². The summed E-state index contributed by atoms with van der Waals surface area (Å²) < 4.78 is 10.7. The molecule has 2 aromatic carbocycles. The molecule has 0 saturated carbocycles. The topological polar surface area (TPSA) is 67.9 Å². The predicted octanol–water partition coefficient (Wildman–Crippen LogP) is 4.24. The molecule has 28 heavy (non-hydrogen) atoms. The van der Waals surface area contributed by atoms with Crippen LogP contribution in [0.4, 0.5) is 5.69 Å². The molecule has 6 nitrogen and oxygen atoms in total. The zero-order chi connectivity index (χ0) is 20.1. The van der Waals surface area contributed by atoms with E-state index in [4.69, 9.17) is 21.1 Å². The third-order valence-electron chi connectivity index (χ3n) is 4.56. The minimum atomic E-state index is -0.332. The van der Waals surface area contributed by atoms with Crippen LogP contribution < -0.4 is 14.8 Å². The van der Waals surface area contributed by atoms with Crippen molar-refractivity contribution in [1.29, 1.82) is 0 Å². The predicted molar refractivity (Wildman–Crippen MR) is 109 cm³/mol. The number of nitrogens with one attached hydrogen (secondary N) is 1. The number of hydrogen-bond acceptors (Lipinski definition) is 4. The highest BCUT2D eigenvalue weighted by Crippen LogP contribution is 2.36. The van der Waals surface area contributed by atoms with Gasteiger partial charge in [-0.15, -0.1) is 0 Å². The highest BCUT2D eigenvalue weighted by Gasteiger charge is 2.20. The van der Waals surface area contributed by atoms with Crippen LogP contribution in [0.2, 0.25) is 5.02 Å². The van der Waals surface area contributed by atoms with E-state index in [1.807, 2.05) is 11.8 Å². The summed E-state index contributed by atoms with van der Waals surface area (Å²) in [6.45, 7) is 3.88. The Balaban J connectivity index is 1.72. The van der Waals surface area contributed by atoms with Gasteiger partial charge in [-0.2, -0.15) is 0 Å². The Morgan fingerprint density at radius 2 is 1.79 bits per heavy atom.